The summed E-state index contributed by atoms with van der Waals surface area (Å²) < 4.78 is 5.86. The minimum atomic E-state index is 0.0333. The largest absolute Gasteiger partial charge is 0.375 e. The fourth-order valence-corrected chi connectivity index (χ4v) is 4.72. The van der Waals surface area contributed by atoms with Crippen LogP contribution in [-0.4, -0.2) is 18.2 Å². The molecule has 2 heterocycles. The average molecular weight is 293 g/mol. The van der Waals surface area contributed by atoms with Gasteiger partial charge in [0.1, 0.15) is 0 Å². The number of hydrogen-bond acceptors (Lipinski definition) is 3. The molecule has 1 aliphatic carbocycles. The maximum atomic E-state index is 5.86. The summed E-state index contributed by atoms with van der Waals surface area (Å²) in [6, 6.07) is 5.67. The molecular formula is C17H27NOS. The number of ether oxygens (including phenoxy) is 1. The number of thiophene rings is 1. The lowest BCUT2D eigenvalue weighted by atomic mass is 9.90. The van der Waals surface area contributed by atoms with Crippen molar-refractivity contribution in [2.24, 2.45) is 5.92 Å². The second-order valence-electron chi connectivity index (χ2n) is 7.00. The maximum absolute atomic E-state index is 5.86. The van der Waals surface area contributed by atoms with Gasteiger partial charge in [-0.25, -0.2) is 0 Å². The third-order valence-electron chi connectivity index (χ3n) is 4.83. The molecule has 1 saturated carbocycles. The van der Waals surface area contributed by atoms with Crippen molar-refractivity contribution < 1.29 is 4.74 Å². The number of rotatable bonds is 4. The third-order valence-corrected chi connectivity index (χ3v) is 5.79. The summed E-state index contributed by atoms with van der Waals surface area (Å²) in [7, 11) is 0. The Balaban J connectivity index is 1.70. The molecule has 20 heavy (non-hydrogen) atoms. The highest BCUT2D eigenvalue weighted by Crippen LogP contribution is 2.38. The molecule has 2 aliphatic rings. The van der Waals surface area contributed by atoms with Crippen LogP contribution in [0.1, 0.15) is 63.3 Å². The second-order valence-corrected chi connectivity index (χ2v) is 7.98. The van der Waals surface area contributed by atoms with E-state index < -0.39 is 0 Å². The van der Waals surface area contributed by atoms with Gasteiger partial charge >= 0.3 is 0 Å². The molecule has 1 saturated heterocycles. The second kappa shape index (κ2) is 6.17. The average Bonchev–Trinajstić information content (AvgIpc) is 3.08. The predicted octanol–water partition coefficient (Wildman–Crippen LogP) is 4.53. The lowest BCUT2D eigenvalue weighted by Gasteiger charge is -2.38. The fourth-order valence-electron chi connectivity index (χ4n) is 3.84. The Morgan fingerprint density at radius 1 is 1.30 bits per heavy atom. The molecule has 1 aromatic rings. The van der Waals surface area contributed by atoms with E-state index in [-0.39, 0.29) is 5.60 Å². The van der Waals surface area contributed by atoms with Crippen LogP contribution in [0.5, 0.6) is 0 Å². The lowest BCUT2D eigenvalue weighted by molar-refractivity contribution is -0.0650. The number of hydrogen-bond donors (Lipinski definition) is 1. The molecule has 1 N–H and O–H groups in total. The van der Waals surface area contributed by atoms with E-state index in [9.17, 15) is 0 Å². The Labute approximate surface area is 126 Å². The first kappa shape index (κ1) is 14.6. The van der Waals surface area contributed by atoms with E-state index in [0.29, 0.717) is 12.1 Å². The van der Waals surface area contributed by atoms with E-state index in [0.717, 1.165) is 25.4 Å². The first-order valence-corrected chi connectivity index (χ1v) is 8.95. The van der Waals surface area contributed by atoms with Crippen LogP contribution in [-0.2, 0) is 4.74 Å². The summed E-state index contributed by atoms with van der Waals surface area (Å²) >= 11 is 1.91. The smallest absolute Gasteiger partial charge is 0.0641 e. The van der Waals surface area contributed by atoms with Crippen LogP contribution >= 0.6 is 11.3 Å². The van der Waals surface area contributed by atoms with Crippen LogP contribution in [0, 0.1) is 5.92 Å². The Morgan fingerprint density at radius 2 is 2.10 bits per heavy atom. The van der Waals surface area contributed by atoms with Gasteiger partial charge in [-0.15, -0.1) is 11.3 Å². The number of nitrogens with one attached hydrogen (secondary N) is 1. The van der Waals surface area contributed by atoms with Crippen LogP contribution in [0.4, 0.5) is 0 Å². The van der Waals surface area contributed by atoms with E-state index in [2.05, 4.69) is 36.7 Å². The minimum absolute atomic E-state index is 0.0333. The van der Waals surface area contributed by atoms with Gasteiger partial charge < -0.3 is 10.1 Å². The Morgan fingerprint density at radius 3 is 2.75 bits per heavy atom. The molecule has 3 rings (SSSR count). The summed E-state index contributed by atoms with van der Waals surface area (Å²) in [6.07, 6.45) is 7.88. The Bertz CT molecular complexity index is 409. The van der Waals surface area contributed by atoms with Gasteiger partial charge in [0, 0.05) is 23.6 Å². The molecule has 2 atom stereocenters. The third kappa shape index (κ3) is 3.44. The van der Waals surface area contributed by atoms with E-state index in [1.165, 1.54) is 30.6 Å². The molecule has 1 aromatic heterocycles. The molecule has 1 aliphatic heterocycles. The van der Waals surface area contributed by atoms with Crippen LogP contribution in [0.3, 0.4) is 0 Å². The van der Waals surface area contributed by atoms with Gasteiger partial charge in [-0.1, -0.05) is 18.9 Å². The van der Waals surface area contributed by atoms with Crippen molar-refractivity contribution in [3.05, 3.63) is 22.4 Å². The highest BCUT2D eigenvalue weighted by molar-refractivity contribution is 7.10. The van der Waals surface area contributed by atoms with Crippen LogP contribution in [0.15, 0.2) is 17.5 Å². The van der Waals surface area contributed by atoms with Crippen molar-refractivity contribution in [2.45, 2.75) is 70.1 Å². The first-order chi connectivity index (χ1) is 9.64. The van der Waals surface area contributed by atoms with Crippen molar-refractivity contribution in [1.82, 2.24) is 5.32 Å². The molecule has 2 nitrogen and oxygen atoms in total. The van der Waals surface area contributed by atoms with E-state index in [1.807, 2.05) is 11.3 Å². The molecule has 0 aromatic carbocycles. The topological polar surface area (TPSA) is 21.3 Å². The van der Waals surface area contributed by atoms with Crippen LogP contribution < -0.4 is 5.32 Å². The van der Waals surface area contributed by atoms with Gasteiger partial charge in [-0.3, -0.25) is 0 Å². The molecule has 2 unspecified atom stereocenters. The van der Waals surface area contributed by atoms with Crippen LogP contribution in [0.25, 0.3) is 0 Å². The highest BCUT2D eigenvalue weighted by atomic mass is 32.1. The summed E-state index contributed by atoms with van der Waals surface area (Å²) in [4.78, 5) is 1.53. The SMILES string of the molecule is CC1(C)CC(NC(c2cccs2)C2CCCC2)CCO1. The summed E-state index contributed by atoms with van der Waals surface area (Å²) in [5.41, 5.74) is 0.0333. The zero-order valence-electron chi connectivity index (χ0n) is 12.7. The van der Waals surface area contributed by atoms with Crippen molar-refractivity contribution in [3.8, 4) is 0 Å². The summed E-state index contributed by atoms with van der Waals surface area (Å²) in [5, 5.41) is 6.20. The molecular weight excluding hydrogens is 266 g/mol. The van der Waals surface area contributed by atoms with Gasteiger partial charge in [0.25, 0.3) is 0 Å². The van der Waals surface area contributed by atoms with E-state index in [4.69, 9.17) is 4.74 Å². The van der Waals surface area contributed by atoms with Gasteiger partial charge in [-0.05, 0) is 56.9 Å². The Hall–Kier alpha value is -0.380. The molecule has 0 spiro atoms. The molecule has 0 amide bonds. The zero-order chi connectivity index (χ0) is 14.0. The maximum Gasteiger partial charge on any atom is 0.0641 e. The van der Waals surface area contributed by atoms with Gasteiger partial charge in [0.2, 0.25) is 0 Å². The molecule has 3 heteroatoms. The standard InChI is InChI=1S/C17H27NOS/c1-17(2)12-14(9-10-19-17)18-16(13-6-3-4-7-13)15-8-5-11-20-15/h5,8,11,13-14,16,18H,3-4,6-7,9-10,12H2,1-2H3. The zero-order valence-corrected chi connectivity index (χ0v) is 13.5. The first-order valence-electron chi connectivity index (χ1n) is 8.07. The van der Waals surface area contributed by atoms with Crippen molar-refractivity contribution in [3.63, 3.8) is 0 Å². The predicted molar refractivity (Wildman–Crippen MR) is 85.2 cm³/mol. The lowest BCUT2D eigenvalue weighted by Crippen LogP contribution is -2.45. The van der Waals surface area contributed by atoms with Crippen molar-refractivity contribution >= 4 is 11.3 Å². The molecule has 0 radical (unpaired) electrons. The van der Waals surface area contributed by atoms with Gasteiger partial charge in [0.05, 0.1) is 5.60 Å². The Kier molecular flexibility index (Phi) is 4.49. The fraction of sp³-hybridized carbons (Fsp3) is 0.765. The molecule has 0 bridgehead atoms. The normalized spacial score (nSPS) is 28.6. The summed E-state index contributed by atoms with van der Waals surface area (Å²) in [6.45, 7) is 5.33. The van der Waals surface area contributed by atoms with Crippen molar-refractivity contribution in [2.75, 3.05) is 6.61 Å². The van der Waals surface area contributed by atoms with E-state index >= 15 is 0 Å². The van der Waals surface area contributed by atoms with Crippen LogP contribution in [0.2, 0.25) is 0 Å². The quantitative estimate of drug-likeness (QED) is 0.881. The van der Waals surface area contributed by atoms with Crippen molar-refractivity contribution in [1.29, 1.82) is 0 Å². The van der Waals surface area contributed by atoms with Gasteiger partial charge in [-0.2, -0.15) is 0 Å². The highest BCUT2D eigenvalue weighted by Gasteiger charge is 2.33. The molecule has 2 fully saturated rings. The minimum Gasteiger partial charge on any atom is -0.375 e. The van der Waals surface area contributed by atoms with Gasteiger partial charge in [0.15, 0.2) is 0 Å². The molecule has 112 valence electrons. The monoisotopic (exact) mass is 293 g/mol. The summed E-state index contributed by atoms with van der Waals surface area (Å²) in [5.74, 6) is 0.833. The van der Waals surface area contributed by atoms with E-state index in [1.54, 1.807) is 0 Å².